The molecule has 0 radical (unpaired) electrons. The Kier molecular flexibility index (Phi) is 5.94. The number of aryl methyl sites for hydroxylation is 1. The molecule has 1 N–H and O–H groups in total. The van der Waals surface area contributed by atoms with E-state index in [1.807, 2.05) is 37.3 Å². The number of amides is 1. The van der Waals surface area contributed by atoms with Crippen LogP contribution in [-0.4, -0.2) is 44.9 Å². The third-order valence-corrected chi connectivity index (χ3v) is 6.56. The molecule has 6 nitrogen and oxygen atoms in total. The lowest BCUT2D eigenvalue weighted by molar-refractivity contribution is -0.125. The van der Waals surface area contributed by atoms with Gasteiger partial charge < -0.3 is 10.1 Å². The van der Waals surface area contributed by atoms with Crippen LogP contribution >= 0.6 is 0 Å². The maximum Gasteiger partial charge on any atom is 0.244 e. The van der Waals surface area contributed by atoms with Gasteiger partial charge in [0.15, 0.2) is 0 Å². The fourth-order valence-corrected chi connectivity index (χ4v) is 4.95. The number of methoxy groups -OCH3 is 1. The van der Waals surface area contributed by atoms with Gasteiger partial charge in [-0.15, -0.1) is 0 Å². The minimum Gasteiger partial charge on any atom is -0.383 e. The zero-order valence-electron chi connectivity index (χ0n) is 15.5. The highest BCUT2D eigenvalue weighted by molar-refractivity contribution is 7.89. The van der Waals surface area contributed by atoms with Crippen LogP contribution in [0.5, 0.6) is 0 Å². The summed E-state index contributed by atoms with van der Waals surface area (Å²) in [4.78, 5) is 13.0. The molecule has 1 unspecified atom stereocenters. The molecule has 0 aromatic heterocycles. The number of sulfonamides is 1. The molecule has 0 spiro atoms. The molecule has 1 aliphatic rings. The van der Waals surface area contributed by atoms with Gasteiger partial charge in [0.25, 0.3) is 0 Å². The molecule has 0 bridgehead atoms. The first-order valence-corrected chi connectivity index (χ1v) is 10.3. The van der Waals surface area contributed by atoms with Gasteiger partial charge in [0.2, 0.25) is 15.9 Å². The fourth-order valence-electron chi connectivity index (χ4n) is 3.28. The summed E-state index contributed by atoms with van der Waals surface area (Å²) in [5, 5.41) is 2.78. The highest BCUT2D eigenvalue weighted by atomic mass is 32.2. The first-order chi connectivity index (χ1) is 12.9. The maximum atomic E-state index is 13.3. The Morgan fingerprint density at radius 3 is 2.63 bits per heavy atom. The van der Waals surface area contributed by atoms with E-state index in [1.54, 1.807) is 25.3 Å². The fraction of sp³-hybridized carbons (Fsp3) is 0.350. The van der Waals surface area contributed by atoms with Crippen LogP contribution in [0.25, 0.3) is 0 Å². The number of hydrogen-bond donors (Lipinski definition) is 1. The summed E-state index contributed by atoms with van der Waals surface area (Å²) in [7, 11) is -2.26. The summed E-state index contributed by atoms with van der Waals surface area (Å²) in [5.74, 6) is -0.308. The molecule has 1 heterocycles. The SMILES string of the molecule is COCCNC(=O)C1Cc2ccccc2CN1S(=O)(=O)c1cccc(C)c1. The van der Waals surface area contributed by atoms with Gasteiger partial charge in [-0.05, 0) is 42.2 Å². The second kappa shape index (κ2) is 8.21. The summed E-state index contributed by atoms with van der Waals surface area (Å²) >= 11 is 0. The molecule has 1 amide bonds. The topological polar surface area (TPSA) is 75.7 Å². The van der Waals surface area contributed by atoms with Crippen LogP contribution in [0.4, 0.5) is 0 Å². The number of rotatable bonds is 6. The molecule has 1 aliphatic heterocycles. The number of nitrogens with zero attached hydrogens (tertiary/aromatic N) is 1. The van der Waals surface area contributed by atoms with E-state index < -0.39 is 16.1 Å². The van der Waals surface area contributed by atoms with E-state index in [9.17, 15) is 13.2 Å². The molecule has 0 fully saturated rings. The van der Waals surface area contributed by atoms with Crippen LogP contribution < -0.4 is 5.32 Å². The van der Waals surface area contributed by atoms with E-state index in [4.69, 9.17) is 4.74 Å². The molecule has 1 atom stereocenters. The summed E-state index contributed by atoms with van der Waals surface area (Å²) in [5.41, 5.74) is 2.78. The highest BCUT2D eigenvalue weighted by Crippen LogP contribution is 2.29. The molecule has 0 saturated carbocycles. The molecule has 2 aromatic carbocycles. The molecule has 27 heavy (non-hydrogen) atoms. The first-order valence-electron chi connectivity index (χ1n) is 8.85. The summed E-state index contributed by atoms with van der Waals surface area (Å²) in [6.45, 7) is 2.74. The van der Waals surface area contributed by atoms with Gasteiger partial charge in [-0.3, -0.25) is 4.79 Å². The smallest absolute Gasteiger partial charge is 0.244 e. The van der Waals surface area contributed by atoms with E-state index >= 15 is 0 Å². The lowest BCUT2D eigenvalue weighted by atomic mass is 9.95. The summed E-state index contributed by atoms with van der Waals surface area (Å²) < 4.78 is 32.9. The number of fused-ring (bicyclic) bond motifs is 1. The average molecular weight is 388 g/mol. The summed E-state index contributed by atoms with van der Waals surface area (Å²) in [6.07, 6.45) is 0.347. The van der Waals surface area contributed by atoms with Crippen molar-refractivity contribution in [2.75, 3.05) is 20.3 Å². The van der Waals surface area contributed by atoms with Crippen LogP contribution in [-0.2, 0) is 32.5 Å². The minimum absolute atomic E-state index is 0.175. The molecule has 144 valence electrons. The second-order valence-electron chi connectivity index (χ2n) is 6.64. The van der Waals surface area contributed by atoms with E-state index in [-0.39, 0.29) is 17.3 Å². The lowest BCUT2D eigenvalue weighted by Gasteiger charge is -2.35. The zero-order chi connectivity index (χ0) is 19.4. The predicted molar refractivity (Wildman–Crippen MR) is 103 cm³/mol. The highest BCUT2D eigenvalue weighted by Gasteiger charge is 2.39. The van der Waals surface area contributed by atoms with Gasteiger partial charge >= 0.3 is 0 Å². The Morgan fingerprint density at radius 1 is 1.19 bits per heavy atom. The number of benzene rings is 2. The van der Waals surface area contributed by atoms with Crippen molar-refractivity contribution in [1.82, 2.24) is 9.62 Å². The zero-order valence-corrected chi connectivity index (χ0v) is 16.3. The Labute approximate surface area is 160 Å². The number of ether oxygens (including phenoxy) is 1. The Morgan fingerprint density at radius 2 is 1.93 bits per heavy atom. The van der Waals surface area contributed by atoms with Crippen LogP contribution in [0.3, 0.4) is 0 Å². The number of carbonyl (C=O) groups excluding carboxylic acids is 1. The van der Waals surface area contributed by atoms with Gasteiger partial charge in [0.05, 0.1) is 11.5 Å². The van der Waals surface area contributed by atoms with Crippen molar-refractivity contribution < 1.29 is 17.9 Å². The van der Waals surface area contributed by atoms with Crippen molar-refractivity contribution in [2.45, 2.75) is 30.8 Å². The van der Waals surface area contributed by atoms with Crippen molar-refractivity contribution in [3.63, 3.8) is 0 Å². The Bertz CT molecular complexity index is 927. The van der Waals surface area contributed by atoms with Gasteiger partial charge in [0, 0.05) is 20.2 Å². The van der Waals surface area contributed by atoms with Gasteiger partial charge in [-0.2, -0.15) is 4.31 Å². The van der Waals surface area contributed by atoms with Gasteiger partial charge in [0.1, 0.15) is 6.04 Å². The van der Waals surface area contributed by atoms with Crippen molar-refractivity contribution in [2.24, 2.45) is 0 Å². The van der Waals surface area contributed by atoms with Crippen molar-refractivity contribution in [3.8, 4) is 0 Å². The molecule has 3 rings (SSSR count). The maximum absolute atomic E-state index is 13.3. The van der Waals surface area contributed by atoms with Gasteiger partial charge in [-0.1, -0.05) is 36.4 Å². The van der Waals surface area contributed by atoms with Crippen molar-refractivity contribution in [1.29, 1.82) is 0 Å². The van der Waals surface area contributed by atoms with Crippen molar-refractivity contribution in [3.05, 3.63) is 65.2 Å². The van der Waals surface area contributed by atoms with Crippen LogP contribution in [0, 0.1) is 6.92 Å². The lowest BCUT2D eigenvalue weighted by Crippen LogP contribution is -2.52. The molecule has 7 heteroatoms. The average Bonchev–Trinajstić information content (AvgIpc) is 2.67. The number of carbonyl (C=O) groups is 1. The van der Waals surface area contributed by atoms with E-state index in [2.05, 4.69) is 5.32 Å². The van der Waals surface area contributed by atoms with Crippen LogP contribution in [0.15, 0.2) is 53.4 Å². The quantitative estimate of drug-likeness (QED) is 0.767. The van der Waals surface area contributed by atoms with E-state index in [0.29, 0.717) is 19.6 Å². The predicted octanol–water partition coefficient (Wildman–Crippen LogP) is 1.87. The van der Waals surface area contributed by atoms with Crippen molar-refractivity contribution >= 4 is 15.9 Å². The Balaban J connectivity index is 1.97. The monoisotopic (exact) mass is 388 g/mol. The summed E-state index contributed by atoms with van der Waals surface area (Å²) in [6, 6.07) is 13.6. The third-order valence-electron chi connectivity index (χ3n) is 4.71. The normalized spacial score (nSPS) is 17.3. The molecular formula is C20H24N2O4S. The standard InChI is InChI=1S/C20H24N2O4S/c1-15-6-5-9-18(12-15)27(24,25)22-14-17-8-4-3-7-16(17)13-19(22)20(23)21-10-11-26-2/h3-9,12,19H,10-11,13-14H2,1-2H3,(H,21,23). The molecule has 2 aromatic rings. The molecular weight excluding hydrogens is 364 g/mol. The second-order valence-corrected chi connectivity index (χ2v) is 8.53. The van der Waals surface area contributed by atoms with E-state index in [1.165, 1.54) is 4.31 Å². The van der Waals surface area contributed by atoms with Crippen LogP contribution in [0.2, 0.25) is 0 Å². The minimum atomic E-state index is -3.81. The number of nitrogens with one attached hydrogen (secondary N) is 1. The first kappa shape index (κ1) is 19.5. The molecule has 0 aliphatic carbocycles. The van der Waals surface area contributed by atoms with E-state index in [0.717, 1.165) is 16.7 Å². The van der Waals surface area contributed by atoms with Crippen LogP contribution in [0.1, 0.15) is 16.7 Å². The number of hydrogen-bond acceptors (Lipinski definition) is 4. The molecule has 0 saturated heterocycles. The Hall–Kier alpha value is -2.22. The largest absolute Gasteiger partial charge is 0.383 e. The third kappa shape index (κ3) is 4.21. The van der Waals surface area contributed by atoms with Gasteiger partial charge in [-0.25, -0.2) is 8.42 Å².